The van der Waals surface area contributed by atoms with Gasteiger partial charge >= 0.3 is 0 Å². The lowest BCUT2D eigenvalue weighted by atomic mass is 10.1. The van der Waals surface area contributed by atoms with Crippen molar-refractivity contribution in [3.8, 4) is 0 Å². The summed E-state index contributed by atoms with van der Waals surface area (Å²) < 4.78 is 26.6. The number of rotatable bonds is 3. The highest BCUT2D eigenvalue weighted by Crippen LogP contribution is 2.27. The average Bonchev–Trinajstić information content (AvgIpc) is 2.37. The van der Waals surface area contributed by atoms with Gasteiger partial charge in [0.15, 0.2) is 6.29 Å². The van der Waals surface area contributed by atoms with E-state index in [1.807, 2.05) is 0 Å². The molecule has 2 rings (SSSR count). The monoisotopic (exact) mass is 247 g/mol. The van der Waals surface area contributed by atoms with E-state index in [9.17, 15) is 13.6 Å². The molecule has 0 heterocycles. The van der Waals surface area contributed by atoms with Crippen LogP contribution in [0, 0.1) is 11.6 Å². The van der Waals surface area contributed by atoms with Gasteiger partial charge in [0.2, 0.25) is 0 Å². The van der Waals surface area contributed by atoms with Crippen molar-refractivity contribution in [1.29, 1.82) is 0 Å². The zero-order chi connectivity index (χ0) is 13.1. The van der Waals surface area contributed by atoms with Crippen LogP contribution in [-0.2, 0) is 0 Å². The van der Waals surface area contributed by atoms with Crippen LogP contribution in [0.5, 0.6) is 0 Å². The second-order valence-electron chi connectivity index (χ2n) is 3.83. The number of carbonyl (C=O) groups excluding carboxylic acids is 1. The molecule has 0 atom stereocenters. The molecule has 0 bridgehead atoms. The van der Waals surface area contributed by atoms with Crippen molar-refractivity contribution in [3.63, 3.8) is 0 Å². The maximum atomic E-state index is 13.5. The summed E-state index contributed by atoms with van der Waals surface area (Å²) in [6.07, 6.45) is 0.459. The largest absolute Gasteiger partial charge is 0.344 e. The van der Waals surface area contributed by atoms with Crippen LogP contribution >= 0.6 is 0 Å². The van der Waals surface area contributed by atoms with Crippen LogP contribution in [0.2, 0.25) is 0 Å². The van der Waals surface area contributed by atoms with Crippen LogP contribution < -0.4 is 4.90 Å². The van der Waals surface area contributed by atoms with Gasteiger partial charge in [-0.3, -0.25) is 4.79 Å². The Hall–Kier alpha value is -2.23. The molecule has 2 aromatic carbocycles. The van der Waals surface area contributed by atoms with Crippen molar-refractivity contribution in [1.82, 2.24) is 0 Å². The Kier molecular flexibility index (Phi) is 3.37. The van der Waals surface area contributed by atoms with Crippen molar-refractivity contribution in [2.24, 2.45) is 0 Å². The number of carbonyl (C=O) groups is 1. The molecule has 0 aliphatic carbocycles. The molecule has 0 N–H and O–H groups in total. The van der Waals surface area contributed by atoms with Crippen molar-refractivity contribution >= 4 is 17.7 Å². The summed E-state index contributed by atoms with van der Waals surface area (Å²) in [5.41, 5.74) is 0.906. The van der Waals surface area contributed by atoms with Gasteiger partial charge < -0.3 is 4.90 Å². The Balaban J connectivity index is 2.49. The van der Waals surface area contributed by atoms with Crippen molar-refractivity contribution in [2.75, 3.05) is 11.9 Å². The molecule has 0 saturated carbocycles. The molecular weight excluding hydrogens is 236 g/mol. The number of nitrogens with zero attached hydrogens (tertiary/aromatic N) is 1. The van der Waals surface area contributed by atoms with E-state index in [0.29, 0.717) is 17.7 Å². The van der Waals surface area contributed by atoms with Gasteiger partial charge in [0.1, 0.15) is 11.6 Å². The lowest BCUT2D eigenvalue weighted by molar-refractivity contribution is 0.112. The van der Waals surface area contributed by atoms with Gasteiger partial charge in [-0.15, -0.1) is 0 Å². The summed E-state index contributed by atoms with van der Waals surface area (Å²) in [5.74, 6) is -0.978. The summed E-state index contributed by atoms with van der Waals surface area (Å²) in [4.78, 5) is 12.5. The van der Waals surface area contributed by atoms with E-state index < -0.39 is 5.82 Å². The maximum Gasteiger partial charge on any atom is 0.155 e. The highest BCUT2D eigenvalue weighted by Gasteiger charge is 2.12. The molecule has 0 aromatic heterocycles. The first-order chi connectivity index (χ1) is 8.63. The molecule has 0 aliphatic rings. The number of halogens is 2. The Morgan fingerprint density at radius 2 is 1.83 bits per heavy atom. The molecular formula is C14H11F2NO. The van der Waals surface area contributed by atoms with E-state index >= 15 is 0 Å². The quantitative estimate of drug-likeness (QED) is 0.773. The van der Waals surface area contributed by atoms with Gasteiger partial charge in [0.25, 0.3) is 0 Å². The number of hydrogen-bond donors (Lipinski definition) is 0. The lowest BCUT2D eigenvalue weighted by Crippen LogP contribution is -2.12. The lowest BCUT2D eigenvalue weighted by Gasteiger charge is -2.21. The van der Waals surface area contributed by atoms with Crippen molar-refractivity contribution < 1.29 is 13.6 Å². The Morgan fingerprint density at radius 1 is 1.11 bits per heavy atom. The third-order valence-electron chi connectivity index (χ3n) is 2.70. The predicted molar refractivity (Wildman–Crippen MR) is 66.3 cm³/mol. The maximum absolute atomic E-state index is 13.5. The molecule has 0 amide bonds. The van der Waals surface area contributed by atoms with Crippen LogP contribution in [0.15, 0.2) is 42.5 Å². The molecule has 0 unspecified atom stereocenters. The molecule has 0 radical (unpaired) electrons. The first kappa shape index (κ1) is 12.2. The van der Waals surface area contributed by atoms with Crippen LogP contribution in [-0.4, -0.2) is 13.3 Å². The summed E-state index contributed by atoms with van der Waals surface area (Å²) in [5, 5.41) is 0. The zero-order valence-corrected chi connectivity index (χ0v) is 9.73. The summed E-state index contributed by atoms with van der Waals surface area (Å²) >= 11 is 0. The SMILES string of the molecule is CN(c1cccc(F)c1)c1cccc(F)c1C=O. The highest BCUT2D eigenvalue weighted by atomic mass is 19.1. The third-order valence-corrected chi connectivity index (χ3v) is 2.70. The molecule has 2 aromatic rings. The second kappa shape index (κ2) is 4.96. The van der Waals surface area contributed by atoms with E-state index in [-0.39, 0.29) is 11.4 Å². The molecule has 92 valence electrons. The first-order valence-electron chi connectivity index (χ1n) is 5.36. The molecule has 18 heavy (non-hydrogen) atoms. The minimum atomic E-state index is -0.592. The fourth-order valence-electron chi connectivity index (χ4n) is 1.76. The standard InChI is InChI=1S/C14H11F2NO/c1-17(11-5-2-4-10(15)8-11)14-7-3-6-13(16)12(14)9-18/h2-9H,1H3. The number of anilines is 2. The zero-order valence-electron chi connectivity index (χ0n) is 9.73. The van der Waals surface area contributed by atoms with E-state index in [0.717, 1.165) is 0 Å². The molecule has 2 nitrogen and oxygen atoms in total. The number of hydrogen-bond acceptors (Lipinski definition) is 2. The molecule has 4 heteroatoms. The summed E-state index contributed by atoms with van der Waals surface area (Å²) in [6, 6.07) is 10.2. The van der Waals surface area contributed by atoms with Crippen LogP contribution in [0.4, 0.5) is 20.2 Å². The molecule has 0 saturated heterocycles. The van der Waals surface area contributed by atoms with Crippen LogP contribution in [0.25, 0.3) is 0 Å². The first-order valence-corrected chi connectivity index (χ1v) is 5.36. The van der Waals surface area contributed by atoms with Gasteiger partial charge in [-0.25, -0.2) is 8.78 Å². The molecule has 0 fully saturated rings. The van der Waals surface area contributed by atoms with E-state index in [2.05, 4.69) is 0 Å². The fourth-order valence-corrected chi connectivity index (χ4v) is 1.76. The van der Waals surface area contributed by atoms with Crippen molar-refractivity contribution in [2.45, 2.75) is 0 Å². The van der Waals surface area contributed by atoms with Crippen LogP contribution in [0.3, 0.4) is 0 Å². The Labute approximate surface area is 103 Å². The third kappa shape index (κ3) is 2.22. The second-order valence-corrected chi connectivity index (χ2v) is 3.83. The topological polar surface area (TPSA) is 20.3 Å². The molecule has 0 spiro atoms. The normalized spacial score (nSPS) is 10.2. The fraction of sp³-hybridized carbons (Fsp3) is 0.0714. The predicted octanol–water partition coefficient (Wildman–Crippen LogP) is 3.55. The van der Waals surface area contributed by atoms with E-state index in [1.54, 1.807) is 30.1 Å². The number of aldehydes is 1. The minimum absolute atomic E-state index is 0.0377. The number of benzene rings is 2. The average molecular weight is 247 g/mol. The van der Waals surface area contributed by atoms with Crippen molar-refractivity contribution in [3.05, 3.63) is 59.7 Å². The van der Waals surface area contributed by atoms with Gasteiger partial charge in [-0.2, -0.15) is 0 Å². The van der Waals surface area contributed by atoms with Crippen LogP contribution in [0.1, 0.15) is 10.4 Å². The minimum Gasteiger partial charge on any atom is -0.344 e. The smallest absolute Gasteiger partial charge is 0.155 e. The highest BCUT2D eigenvalue weighted by molar-refractivity contribution is 5.87. The summed E-state index contributed by atoms with van der Waals surface area (Å²) in [6.45, 7) is 0. The molecule has 0 aliphatic heterocycles. The van der Waals surface area contributed by atoms with Gasteiger partial charge in [0, 0.05) is 12.7 Å². The van der Waals surface area contributed by atoms with Gasteiger partial charge in [0.05, 0.1) is 11.3 Å². The van der Waals surface area contributed by atoms with E-state index in [4.69, 9.17) is 0 Å². The summed E-state index contributed by atoms with van der Waals surface area (Å²) in [7, 11) is 1.65. The van der Waals surface area contributed by atoms with Gasteiger partial charge in [-0.1, -0.05) is 12.1 Å². The Bertz CT molecular complexity index is 584. The van der Waals surface area contributed by atoms with Gasteiger partial charge in [-0.05, 0) is 30.3 Å². The Morgan fingerprint density at radius 3 is 2.50 bits per heavy atom. The van der Waals surface area contributed by atoms with E-state index in [1.165, 1.54) is 24.3 Å².